The second-order valence-electron chi connectivity index (χ2n) is 0.876. The van der Waals surface area contributed by atoms with Crippen LogP contribution in [0.2, 0.25) is 0 Å². The summed E-state index contributed by atoms with van der Waals surface area (Å²) in [4.78, 5) is 0. The Morgan fingerprint density at radius 1 is 1.67 bits per heavy atom. The van der Waals surface area contributed by atoms with Crippen molar-refractivity contribution in [2.45, 2.75) is 6.42 Å². The quantitative estimate of drug-likeness (QED) is 0.354. The van der Waals surface area contributed by atoms with Gasteiger partial charge in [-0.3, -0.25) is 0 Å². The van der Waals surface area contributed by atoms with E-state index in [0.717, 1.165) is 24.2 Å². The lowest BCUT2D eigenvalue weighted by Crippen LogP contribution is -1.76. The van der Waals surface area contributed by atoms with Crippen LogP contribution in [0.5, 0.6) is 0 Å². The van der Waals surface area contributed by atoms with Crippen molar-refractivity contribution < 1.29 is 4.55 Å². The van der Waals surface area contributed by atoms with Gasteiger partial charge in [-0.25, -0.2) is 0 Å². The molecule has 0 aromatic carbocycles. The lowest BCUT2D eigenvalue weighted by molar-refractivity contribution is 0.662. The monoisotopic (exact) mass is 126 g/mol. The number of alkyl halides is 1. The molecule has 3 heteroatoms. The summed E-state index contributed by atoms with van der Waals surface area (Å²) in [6.07, 6.45) is 0.892. The van der Waals surface area contributed by atoms with E-state index in [1.165, 1.54) is 0 Å². The van der Waals surface area contributed by atoms with E-state index in [1.807, 2.05) is 0 Å². The molecule has 0 bridgehead atoms. The summed E-state index contributed by atoms with van der Waals surface area (Å²) in [6, 6.07) is 0. The van der Waals surface area contributed by atoms with Crippen molar-refractivity contribution in [3.05, 3.63) is 0 Å². The molecule has 0 amide bonds. The highest BCUT2D eigenvalue weighted by molar-refractivity contribution is 7.93. The van der Waals surface area contributed by atoms with Crippen molar-refractivity contribution in [2.75, 3.05) is 11.6 Å². The van der Waals surface area contributed by atoms with Crippen LogP contribution in [0.4, 0.5) is 0 Å². The molecule has 1 N–H and O–H groups in total. The van der Waals surface area contributed by atoms with Gasteiger partial charge in [0.05, 0.1) is 0 Å². The van der Waals surface area contributed by atoms with E-state index in [2.05, 4.69) is 0 Å². The van der Waals surface area contributed by atoms with Crippen molar-refractivity contribution in [3.8, 4) is 0 Å². The van der Waals surface area contributed by atoms with Crippen molar-refractivity contribution in [1.29, 1.82) is 0 Å². The highest BCUT2D eigenvalue weighted by atomic mass is 35.5. The lowest BCUT2D eigenvalue weighted by Gasteiger charge is -1.83. The van der Waals surface area contributed by atoms with Gasteiger partial charge >= 0.3 is 0 Å². The third kappa shape index (κ3) is 4.60. The van der Waals surface area contributed by atoms with Gasteiger partial charge in [-0.05, 0) is 18.5 Å². The Morgan fingerprint density at radius 2 is 2.33 bits per heavy atom. The first-order valence-corrected chi connectivity index (χ1v) is 3.22. The molecule has 38 valence electrons. The Bertz CT molecular complexity index is 22.8. The molecule has 0 spiro atoms. The number of hydrogen-bond donors (Lipinski definition) is 1. The maximum Gasteiger partial charge on any atom is 0.0232 e. The average Bonchev–Trinajstić information content (AvgIpc) is 1.61. The maximum atomic E-state index is 8.06. The van der Waals surface area contributed by atoms with Gasteiger partial charge in [0, 0.05) is 11.6 Å². The van der Waals surface area contributed by atoms with Crippen LogP contribution in [0.1, 0.15) is 6.42 Å². The largest absolute Gasteiger partial charge is 0.330 e. The van der Waals surface area contributed by atoms with Gasteiger partial charge in [0.2, 0.25) is 0 Å². The van der Waals surface area contributed by atoms with E-state index >= 15 is 0 Å². The summed E-state index contributed by atoms with van der Waals surface area (Å²) < 4.78 is 8.06. The Morgan fingerprint density at radius 3 is 2.50 bits per heavy atom. The predicted molar refractivity (Wildman–Crippen MR) is 30.4 cm³/mol. The molecule has 0 aromatic heterocycles. The Kier molecular flexibility index (Phi) is 6.16. The van der Waals surface area contributed by atoms with Gasteiger partial charge in [0.25, 0.3) is 0 Å². The van der Waals surface area contributed by atoms with Crippen LogP contribution < -0.4 is 0 Å². The fourth-order valence-electron chi connectivity index (χ4n) is 0.119. The third-order valence-corrected chi connectivity index (χ3v) is 1.11. The van der Waals surface area contributed by atoms with Crippen molar-refractivity contribution in [2.24, 2.45) is 0 Å². The highest BCUT2D eigenvalue weighted by Crippen LogP contribution is 1.94. The summed E-state index contributed by atoms with van der Waals surface area (Å²) in [5.74, 6) is 1.40. The molecule has 0 aliphatic rings. The minimum Gasteiger partial charge on any atom is -0.330 e. The number of rotatable bonds is 3. The molecule has 0 rings (SSSR count). The second kappa shape index (κ2) is 5.60. The number of hydrogen-bond acceptors (Lipinski definition) is 2. The molecule has 0 heterocycles. The van der Waals surface area contributed by atoms with Gasteiger partial charge in [-0.1, -0.05) is 0 Å². The third-order valence-electron chi connectivity index (χ3n) is 0.369. The molecule has 0 aliphatic heterocycles. The van der Waals surface area contributed by atoms with Crippen LogP contribution in [-0.2, 0) is 0 Å². The highest BCUT2D eigenvalue weighted by Gasteiger charge is 1.78. The smallest absolute Gasteiger partial charge is 0.0232 e. The molecule has 0 saturated heterocycles. The molecule has 6 heavy (non-hydrogen) atoms. The molecule has 0 atom stereocenters. The van der Waals surface area contributed by atoms with Crippen LogP contribution in [-0.4, -0.2) is 16.2 Å². The van der Waals surface area contributed by atoms with Gasteiger partial charge in [0.15, 0.2) is 0 Å². The van der Waals surface area contributed by atoms with Crippen LogP contribution in [0.25, 0.3) is 0 Å². The van der Waals surface area contributed by atoms with Gasteiger partial charge < -0.3 is 4.55 Å². The zero-order chi connectivity index (χ0) is 4.83. The first kappa shape index (κ1) is 6.60. The second-order valence-corrected chi connectivity index (χ2v) is 1.92. The molecule has 0 radical (unpaired) electrons. The van der Waals surface area contributed by atoms with E-state index in [-0.39, 0.29) is 0 Å². The van der Waals surface area contributed by atoms with Gasteiger partial charge in [-0.15, -0.1) is 11.6 Å². The fraction of sp³-hybridized carbons (Fsp3) is 1.00. The molecule has 0 saturated carbocycles. The average molecular weight is 127 g/mol. The zero-order valence-corrected chi connectivity index (χ0v) is 4.93. The van der Waals surface area contributed by atoms with Crippen LogP contribution in [0.3, 0.4) is 0 Å². The zero-order valence-electron chi connectivity index (χ0n) is 3.35. The van der Waals surface area contributed by atoms with E-state index in [1.54, 1.807) is 0 Å². The first-order valence-electron chi connectivity index (χ1n) is 1.74. The van der Waals surface area contributed by atoms with E-state index < -0.39 is 0 Å². The summed E-state index contributed by atoms with van der Waals surface area (Å²) in [5.41, 5.74) is 0. The fourth-order valence-corrected chi connectivity index (χ4v) is 0.685. The summed E-state index contributed by atoms with van der Waals surface area (Å²) >= 11 is 6.10. The molecular formula is C3H7ClOS. The van der Waals surface area contributed by atoms with Crippen LogP contribution >= 0.6 is 23.6 Å². The van der Waals surface area contributed by atoms with Gasteiger partial charge in [-0.2, -0.15) is 0 Å². The maximum absolute atomic E-state index is 8.06. The van der Waals surface area contributed by atoms with Crippen molar-refractivity contribution in [3.63, 3.8) is 0 Å². The Balaban J connectivity index is 2.34. The molecule has 0 aromatic rings. The molecule has 0 aliphatic carbocycles. The summed E-state index contributed by atoms with van der Waals surface area (Å²) in [7, 11) is 0. The van der Waals surface area contributed by atoms with Crippen molar-refractivity contribution in [1.82, 2.24) is 0 Å². The topological polar surface area (TPSA) is 20.2 Å². The minimum absolute atomic E-state index is 0.646. The van der Waals surface area contributed by atoms with Gasteiger partial charge in [0.1, 0.15) is 0 Å². The van der Waals surface area contributed by atoms with Crippen LogP contribution in [0.15, 0.2) is 0 Å². The molecule has 1 nitrogen and oxygen atoms in total. The van der Waals surface area contributed by atoms with Crippen molar-refractivity contribution >= 4 is 23.6 Å². The lowest BCUT2D eigenvalue weighted by atomic mass is 10.6. The molecular weight excluding hydrogens is 120 g/mol. The van der Waals surface area contributed by atoms with Crippen LogP contribution in [0, 0.1) is 0 Å². The van der Waals surface area contributed by atoms with E-state index in [9.17, 15) is 0 Å². The summed E-state index contributed by atoms with van der Waals surface area (Å²) in [5, 5.41) is 0. The Labute approximate surface area is 46.9 Å². The molecule has 0 fully saturated rings. The normalized spacial score (nSPS) is 9.00. The van der Waals surface area contributed by atoms with E-state index in [4.69, 9.17) is 16.2 Å². The Hall–Kier alpha value is 0.600. The summed E-state index contributed by atoms with van der Waals surface area (Å²) in [6.45, 7) is 0. The SMILES string of the molecule is OSCCCCl. The predicted octanol–water partition coefficient (Wildman–Crippen LogP) is 1.82. The standard InChI is InChI=1S/C3H7ClOS/c4-2-1-3-6-5/h5H,1-3H2. The first-order chi connectivity index (χ1) is 2.91. The number of halogens is 1. The molecule has 0 unspecified atom stereocenters. The van der Waals surface area contributed by atoms with E-state index in [0.29, 0.717) is 5.88 Å². The minimum atomic E-state index is 0.646.